The van der Waals surface area contributed by atoms with Crippen LogP contribution < -0.4 is 4.90 Å². The van der Waals surface area contributed by atoms with Crippen molar-refractivity contribution in [1.29, 1.82) is 0 Å². The van der Waals surface area contributed by atoms with Crippen LogP contribution in [-0.4, -0.2) is 26.3 Å². The van der Waals surface area contributed by atoms with Crippen molar-refractivity contribution in [2.45, 2.75) is 86.0 Å². The first-order valence-corrected chi connectivity index (χ1v) is 18.3. The Morgan fingerprint density at radius 1 is 0.562 bits per heavy atom. The molecule has 0 radical (unpaired) electrons. The van der Waals surface area contributed by atoms with Crippen molar-refractivity contribution >= 4 is 37.5 Å². The lowest BCUT2D eigenvalue weighted by Gasteiger charge is -2.29. The smallest absolute Gasteiger partial charge is 0.126 e. The van der Waals surface area contributed by atoms with Gasteiger partial charge in [0.1, 0.15) is 17.5 Å². The van der Waals surface area contributed by atoms with Crippen LogP contribution in [0.1, 0.15) is 107 Å². The van der Waals surface area contributed by atoms with Gasteiger partial charge >= 0.3 is 0 Å². The lowest BCUT2D eigenvalue weighted by molar-refractivity contribution is 0.122. The van der Waals surface area contributed by atoms with E-state index in [-0.39, 0.29) is 23.4 Å². The van der Waals surface area contributed by atoms with Gasteiger partial charge in [-0.15, -0.1) is 0 Å². The summed E-state index contributed by atoms with van der Waals surface area (Å²) in [6.45, 7) is 22.4. The van der Waals surface area contributed by atoms with Crippen LogP contribution in [-0.2, 0) is 4.74 Å². The largest absolute Gasteiger partial charge is 0.378 e. The molecule has 0 N–H and O–H groups in total. The third kappa shape index (κ3) is 13.7. The normalized spacial score (nSPS) is 12.7. The quantitative estimate of drug-likeness (QED) is 0.200. The summed E-state index contributed by atoms with van der Waals surface area (Å²) in [7, 11) is 0. The molecule has 7 heteroatoms. The zero-order chi connectivity index (χ0) is 36.0. The van der Waals surface area contributed by atoms with E-state index in [4.69, 9.17) is 4.74 Å². The first-order valence-electron chi connectivity index (χ1n) is 16.7. The fourth-order valence-electron chi connectivity index (χ4n) is 5.19. The molecule has 0 saturated carbocycles. The second kappa shape index (κ2) is 20.8. The van der Waals surface area contributed by atoms with Crippen LogP contribution in [0.4, 0.5) is 18.9 Å². The molecule has 1 heterocycles. The lowest BCUT2D eigenvalue weighted by Crippen LogP contribution is -2.36. The number of aryl methyl sites for hydroxylation is 1. The number of rotatable bonds is 5. The highest BCUT2D eigenvalue weighted by Crippen LogP contribution is 2.29. The number of nitrogens with zero attached hydrogens (tertiary/aromatic N) is 1. The standard InChI is InChI=1S/C13H18BrNO.C10H13F.C9H10BrF.C9H11F/c1-10(2)12-9-11(3-4-13(12)14)15-5-7-16-8-6-15;1-7(2)10-5-4-9(11)6-8(10)3;1-6(2)8-4-3-7(11)5-9(8)10;1-7(2)8-5-3-4-6-9(8)10/h3-4,9-10H,5-8H2,1-2H3;4-7H,1-3H3;3-6H,1-2H3;3-7H,1-2H3. The molecule has 0 amide bonds. The fraction of sp³-hybridized carbons (Fsp3) is 0.415. The van der Waals surface area contributed by atoms with E-state index < -0.39 is 0 Å². The van der Waals surface area contributed by atoms with E-state index in [9.17, 15) is 13.2 Å². The number of ether oxygens (including phenoxy) is 1. The van der Waals surface area contributed by atoms with Crippen LogP contribution in [0.2, 0.25) is 0 Å². The molecular weight excluding hydrogens is 739 g/mol. The maximum Gasteiger partial charge on any atom is 0.126 e. The summed E-state index contributed by atoms with van der Waals surface area (Å²) < 4.78 is 45.5. The summed E-state index contributed by atoms with van der Waals surface area (Å²) in [6, 6.07) is 23.3. The Morgan fingerprint density at radius 3 is 1.56 bits per heavy atom. The van der Waals surface area contributed by atoms with Gasteiger partial charge in [0.15, 0.2) is 0 Å². The van der Waals surface area contributed by atoms with Crippen molar-refractivity contribution in [3.63, 3.8) is 0 Å². The predicted octanol–water partition coefficient (Wildman–Crippen LogP) is 13.3. The number of benzene rings is 4. The molecule has 0 aromatic heterocycles. The minimum atomic E-state index is -0.193. The van der Waals surface area contributed by atoms with Gasteiger partial charge in [0.05, 0.1) is 13.2 Å². The molecule has 4 aromatic carbocycles. The van der Waals surface area contributed by atoms with Crippen molar-refractivity contribution in [2.75, 3.05) is 31.2 Å². The third-order valence-electron chi connectivity index (χ3n) is 7.94. The minimum Gasteiger partial charge on any atom is -0.378 e. The number of halogens is 5. The Balaban J connectivity index is 0.000000227. The molecule has 1 aliphatic heterocycles. The second-order valence-electron chi connectivity index (χ2n) is 13.1. The minimum absolute atomic E-state index is 0.0995. The van der Waals surface area contributed by atoms with Gasteiger partial charge in [0.2, 0.25) is 0 Å². The summed E-state index contributed by atoms with van der Waals surface area (Å²) >= 11 is 6.92. The summed E-state index contributed by atoms with van der Waals surface area (Å²) in [5.41, 5.74) is 6.90. The molecule has 1 fully saturated rings. The van der Waals surface area contributed by atoms with Crippen molar-refractivity contribution in [2.24, 2.45) is 0 Å². The molecule has 2 nitrogen and oxygen atoms in total. The average Bonchev–Trinajstić information content (AvgIpc) is 3.02. The van der Waals surface area contributed by atoms with E-state index >= 15 is 0 Å². The average molecular weight is 792 g/mol. The molecule has 4 aromatic rings. The second-order valence-corrected chi connectivity index (χ2v) is 14.8. The molecule has 262 valence electrons. The van der Waals surface area contributed by atoms with Crippen LogP contribution in [0.3, 0.4) is 0 Å². The van der Waals surface area contributed by atoms with E-state index in [2.05, 4.69) is 96.5 Å². The highest BCUT2D eigenvalue weighted by atomic mass is 79.9. The summed E-state index contributed by atoms with van der Waals surface area (Å²) in [5, 5.41) is 0. The Kier molecular flexibility index (Phi) is 18.0. The monoisotopic (exact) mass is 789 g/mol. The molecular formula is C41H52Br2F3NO. The molecule has 0 aliphatic carbocycles. The third-order valence-corrected chi connectivity index (χ3v) is 9.35. The molecule has 48 heavy (non-hydrogen) atoms. The maximum atomic E-state index is 12.8. The van der Waals surface area contributed by atoms with Crippen molar-refractivity contribution < 1.29 is 17.9 Å². The number of hydrogen-bond acceptors (Lipinski definition) is 2. The van der Waals surface area contributed by atoms with Gasteiger partial charge < -0.3 is 9.64 Å². The van der Waals surface area contributed by atoms with Gasteiger partial charge in [-0.25, -0.2) is 13.2 Å². The van der Waals surface area contributed by atoms with Crippen molar-refractivity contribution in [1.82, 2.24) is 0 Å². The van der Waals surface area contributed by atoms with Gasteiger partial charge in [-0.05, 0) is 107 Å². The number of morpholine rings is 1. The first-order chi connectivity index (χ1) is 22.6. The fourth-order valence-corrected chi connectivity index (χ4v) is 6.70. The highest BCUT2D eigenvalue weighted by molar-refractivity contribution is 9.10. The van der Waals surface area contributed by atoms with E-state index in [1.54, 1.807) is 12.1 Å². The van der Waals surface area contributed by atoms with E-state index in [0.717, 1.165) is 47.5 Å². The van der Waals surface area contributed by atoms with Crippen LogP contribution in [0.15, 0.2) is 87.8 Å². The molecule has 5 rings (SSSR count). The van der Waals surface area contributed by atoms with Gasteiger partial charge in [-0.3, -0.25) is 0 Å². The topological polar surface area (TPSA) is 12.5 Å². The van der Waals surface area contributed by atoms with E-state index in [1.165, 1.54) is 45.6 Å². The molecule has 0 bridgehead atoms. The van der Waals surface area contributed by atoms with E-state index in [0.29, 0.717) is 17.8 Å². The predicted molar refractivity (Wildman–Crippen MR) is 205 cm³/mol. The summed E-state index contributed by atoms with van der Waals surface area (Å²) in [5.74, 6) is 1.31. The Bertz CT molecular complexity index is 1490. The summed E-state index contributed by atoms with van der Waals surface area (Å²) in [4.78, 5) is 2.39. The zero-order valence-electron chi connectivity index (χ0n) is 29.9. The van der Waals surface area contributed by atoms with Crippen molar-refractivity contribution in [3.05, 3.63) is 133 Å². The molecule has 0 atom stereocenters. The molecule has 1 saturated heterocycles. The molecule has 1 aliphatic rings. The first kappa shape index (κ1) is 41.6. The maximum absolute atomic E-state index is 12.8. The highest BCUT2D eigenvalue weighted by Gasteiger charge is 2.13. The Hall–Kier alpha value is -2.61. The van der Waals surface area contributed by atoms with Crippen LogP contribution in [0, 0.1) is 24.4 Å². The SMILES string of the molecule is CC(C)c1cc(N2CCOCC2)ccc1Br.CC(C)c1ccc(F)cc1Br.CC(C)c1ccccc1F.Cc1cc(F)ccc1C(C)C. The van der Waals surface area contributed by atoms with Gasteiger partial charge in [-0.2, -0.15) is 0 Å². The van der Waals surface area contributed by atoms with Crippen LogP contribution >= 0.6 is 31.9 Å². The summed E-state index contributed by atoms with van der Waals surface area (Å²) in [6.07, 6.45) is 0. The molecule has 0 spiro atoms. The lowest BCUT2D eigenvalue weighted by atomic mass is 9.98. The van der Waals surface area contributed by atoms with Crippen molar-refractivity contribution in [3.8, 4) is 0 Å². The molecule has 0 unspecified atom stereocenters. The van der Waals surface area contributed by atoms with Gasteiger partial charge in [0.25, 0.3) is 0 Å². The number of anilines is 1. The van der Waals surface area contributed by atoms with Gasteiger partial charge in [-0.1, -0.05) is 118 Å². The van der Waals surface area contributed by atoms with Gasteiger partial charge in [0, 0.05) is 27.7 Å². The Labute approximate surface area is 304 Å². The van der Waals surface area contributed by atoms with Crippen LogP contribution in [0.5, 0.6) is 0 Å². The number of hydrogen-bond donors (Lipinski definition) is 0. The zero-order valence-corrected chi connectivity index (χ0v) is 33.1. The van der Waals surface area contributed by atoms with E-state index in [1.807, 2.05) is 45.0 Å². The van der Waals surface area contributed by atoms with Crippen LogP contribution in [0.25, 0.3) is 0 Å². The Morgan fingerprint density at radius 2 is 1.08 bits per heavy atom.